The summed E-state index contributed by atoms with van der Waals surface area (Å²) >= 11 is 0. The number of benzene rings is 1. The molecule has 0 saturated carbocycles. The third-order valence-corrected chi connectivity index (χ3v) is 16.0. The lowest BCUT2D eigenvalue weighted by molar-refractivity contribution is -0.188. The van der Waals surface area contributed by atoms with Crippen LogP contribution in [0.3, 0.4) is 0 Å². The van der Waals surface area contributed by atoms with Crippen LogP contribution in [-0.4, -0.2) is 133 Å². The monoisotopic (exact) mass is 1230 g/mol. The van der Waals surface area contributed by atoms with E-state index in [1.807, 2.05) is 0 Å². The fourth-order valence-corrected chi connectivity index (χ4v) is 10.7. The zero-order valence-corrected chi connectivity index (χ0v) is 54.9. The second-order valence-corrected chi connectivity index (χ2v) is 24.2. The summed E-state index contributed by atoms with van der Waals surface area (Å²) in [6.45, 7) is 7.51. The molecule has 88 heavy (non-hydrogen) atoms. The minimum atomic E-state index is -1.50. The van der Waals surface area contributed by atoms with Gasteiger partial charge < -0.3 is 55.7 Å². The van der Waals surface area contributed by atoms with Crippen molar-refractivity contribution >= 4 is 35.8 Å². The Bertz CT molecular complexity index is 2080. The molecule has 1 aliphatic rings. The van der Waals surface area contributed by atoms with E-state index in [4.69, 9.17) is 19.3 Å². The van der Waals surface area contributed by atoms with E-state index in [-0.39, 0.29) is 43.4 Å². The van der Waals surface area contributed by atoms with Crippen molar-refractivity contribution in [3.05, 3.63) is 84.0 Å². The minimum absolute atomic E-state index is 0.00545. The summed E-state index contributed by atoms with van der Waals surface area (Å²) in [5, 5.41) is 37.7. The summed E-state index contributed by atoms with van der Waals surface area (Å²) in [7, 11) is 4.25. The maximum atomic E-state index is 12.9. The van der Waals surface area contributed by atoms with E-state index < -0.39 is 48.2 Å². The van der Waals surface area contributed by atoms with Crippen LogP contribution in [0.5, 0.6) is 0 Å². The Kier molecular flexibility index (Phi) is 46.9. The molecule has 17 heteroatoms. The van der Waals surface area contributed by atoms with Crippen molar-refractivity contribution in [1.82, 2.24) is 26.2 Å². The van der Waals surface area contributed by atoms with Gasteiger partial charge in [0.1, 0.15) is 12.1 Å². The number of aliphatic carboxylic acids is 3. The van der Waals surface area contributed by atoms with Gasteiger partial charge >= 0.3 is 23.9 Å². The Morgan fingerprint density at radius 1 is 0.511 bits per heavy atom. The van der Waals surface area contributed by atoms with E-state index in [9.17, 15) is 39.0 Å². The van der Waals surface area contributed by atoms with Gasteiger partial charge in [0, 0.05) is 63.2 Å². The molecule has 1 aliphatic heterocycles. The first-order valence-electron chi connectivity index (χ1n) is 34.3. The molecule has 4 amide bonds. The number of nitrogens with zero attached hydrogens (tertiary/aromatic N) is 1. The van der Waals surface area contributed by atoms with Crippen molar-refractivity contribution in [2.24, 2.45) is 0 Å². The molecule has 1 aromatic carbocycles. The molecule has 17 nitrogen and oxygen atoms in total. The molecule has 0 bridgehead atoms. The Labute approximate surface area is 530 Å². The maximum absolute atomic E-state index is 12.9. The average Bonchev–Trinajstić information content (AvgIpc) is 3.70. The van der Waals surface area contributed by atoms with E-state index in [2.05, 4.69) is 103 Å². The number of hydrogen-bond acceptors (Lipinski definition) is 10. The molecule has 2 rings (SSSR count). The Balaban J connectivity index is 1.76. The quantitative estimate of drug-likeness (QED) is 0.0237. The molecule has 500 valence electrons. The molecule has 0 spiro atoms. The van der Waals surface area contributed by atoms with Gasteiger partial charge in [-0.3, -0.25) is 14.4 Å². The van der Waals surface area contributed by atoms with Gasteiger partial charge in [-0.25, -0.2) is 14.4 Å². The predicted molar refractivity (Wildman–Crippen MR) is 354 cm³/mol. The third kappa shape index (κ3) is 41.0. The Morgan fingerprint density at radius 2 is 0.920 bits per heavy atom. The molecule has 1 saturated heterocycles. The summed E-state index contributed by atoms with van der Waals surface area (Å²) in [5.74, 6) is -5.12. The number of unbranched alkanes of at least 4 members (excludes halogenated alkanes) is 22. The lowest BCUT2D eigenvalue weighted by atomic mass is 9.98. The predicted octanol–water partition coefficient (Wildman–Crippen LogP) is 15.2. The number of ether oxygens (including phenoxy) is 3. The normalized spacial score (nSPS) is 15.6. The second kappa shape index (κ2) is 52.4. The van der Waals surface area contributed by atoms with E-state index in [1.165, 1.54) is 128 Å². The molecule has 4 atom stereocenters. The second-order valence-electron chi connectivity index (χ2n) is 24.2. The van der Waals surface area contributed by atoms with Gasteiger partial charge in [-0.05, 0) is 167 Å². The first-order chi connectivity index (χ1) is 42.7. The van der Waals surface area contributed by atoms with Gasteiger partial charge in [-0.2, -0.15) is 0 Å². The highest BCUT2D eigenvalue weighted by Gasteiger charge is 2.46. The summed E-state index contributed by atoms with van der Waals surface area (Å²) in [5.41, 5.74) is 0.790. The number of hydrogen-bond donors (Lipinski definition) is 7. The summed E-state index contributed by atoms with van der Waals surface area (Å²) in [6, 6.07) is 2.46. The number of amides is 4. The van der Waals surface area contributed by atoms with Crippen LogP contribution < -0.4 is 21.3 Å². The first-order valence-corrected chi connectivity index (χ1v) is 34.3. The van der Waals surface area contributed by atoms with Gasteiger partial charge in [0.25, 0.3) is 11.8 Å². The van der Waals surface area contributed by atoms with Crippen LogP contribution in [0, 0.1) is 0 Å². The Hall–Kier alpha value is -5.36. The van der Waals surface area contributed by atoms with Crippen LogP contribution >= 0.6 is 0 Å². The highest BCUT2D eigenvalue weighted by molar-refractivity contribution is 5.97. The zero-order chi connectivity index (χ0) is 64.1. The maximum Gasteiger partial charge on any atom is 0.326 e. The molecular weight excluding hydrogens is 1110 g/mol. The zero-order valence-electron chi connectivity index (χ0n) is 54.9. The molecule has 2 unspecified atom stereocenters. The topological polar surface area (TPSA) is 242 Å². The summed E-state index contributed by atoms with van der Waals surface area (Å²) < 4.78 is 20.4. The smallest absolute Gasteiger partial charge is 0.326 e. The van der Waals surface area contributed by atoms with Crippen LogP contribution in [0.1, 0.15) is 272 Å². The van der Waals surface area contributed by atoms with Gasteiger partial charge in [-0.15, -0.1) is 0 Å². The molecular formula is C71H119N5O12. The highest BCUT2D eigenvalue weighted by atomic mass is 16.8. The van der Waals surface area contributed by atoms with Crippen molar-refractivity contribution in [3.8, 4) is 0 Å². The van der Waals surface area contributed by atoms with Crippen LogP contribution in [0.4, 0.5) is 4.79 Å². The molecule has 7 N–H and O–H groups in total. The van der Waals surface area contributed by atoms with Crippen molar-refractivity contribution in [1.29, 1.82) is 0 Å². The molecule has 0 aliphatic carbocycles. The number of carbonyl (C=O) groups excluding carboxylic acids is 3. The summed E-state index contributed by atoms with van der Waals surface area (Å²) in [4.78, 5) is 74.1. The molecule has 1 aromatic rings. The number of allylic oxidation sites excluding steroid dienone is 8. The highest BCUT2D eigenvalue weighted by Crippen LogP contribution is 2.40. The molecule has 1 fully saturated rings. The average molecular weight is 1230 g/mol. The van der Waals surface area contributed by atoms with Gasteiger partial charge in [0.2, 0.25) is 0 Å². The first kappa shape index (κ1) is 78.7. The third-order valence-electron chi connectivity index (χ3n) is 16.0. The number of urea groups is 1. The van der Waals surface area contributed by atoms with Crippen LogP contribution in [-0.2, 0) is 28.6 Å². The number of carboxylic acids is 3. The van der Waals surface area contributed by atoms with Crippen LogP contribution in [0.15, 0.2) is 72.9 Å². The van der Waals surface area contributed by atoms with Gasteiger partial charge in [0.05, 0.1) is 12.2 Å². The standard InChI is InChI=1S/C71H119N5O12/c1-5-7-9-11-13-15-17-19-21-23-25-27-29-31-33-38-52-71(53-39-34-32-30-28-26-24-22-20-18-16-14-12-10-8-6-2)87-63(50-56-76(3)4)64(88-71)51-58-86-57-42-36-35-40-54-72-66(79)59-44-46-60(47-45-59)67(80)73-55-41-37-43-61(68(81)82)74-70(85)75-62(69(83)84)48-49-65(77)78/h13-16,19-22,44-47,61-64H,5-12,17-18,23-43,48-58H2,1-4H3,(H,72,79)(H,73,80)(H,77,78)(H,81,82)(H,83,84)(H2,74,75,85)/b15-13-,16-14-,21-19-,22-20-/t61-,62-,63?,64?/m0/s1. The lowest BCUT2D eigenvalue weighted by Gasteiger charge is -2.29. The molecule has 0 aromatic heterocycles. The minimum Gasteiger partial charge on any atom is -0.481 e. The number of carbonyl (C=O) groups is 6. The van der Waals surface area contributed by atoms with Gasteiger partial charge in [-0.1, -0.05) is 152 Å². The van der Waals surface area contributed by atoms with Crippen molar-refractivity contribution in [3.63, 3.8) is 0 Å². The number of rotatable bonds is 57. The largest absolute Gasteiger partial charge is 0.481 e. The van der Waals surface area contributed by atoms with Crippen molar-refractivity contribution in [2.75, 3.05) is 46.9 Å². The van der Waals surface area contributed by atoms with E-state index >= 15 is 0 Å². The fraction of sp³-hybridized carbons (Fsp3) is 0.718. The lowest BCUT2D eigenvalue weighted by Crippen LogP contribution is -2.51. The van der Waals surface area contributed by atoms with E-state index in [1.54, 1.807) is 24.3 Å². The van der Waals surface area contributed by atoms with E-state index in [0.29, 0.717) is 43.7 Å². The number of nitrogens with one attached hydrogen (secondary N) is 4. The van der Waals surface area contributed by atoms with Crippen LogP contribution in [0.2, 0.25) is 0 Å². The Morgan fingerprint density at radius 3 is 1.38 bits per heavy atom. The fourth-order valence-electron chi connectivity index (χ4n) is 10.7. The van der Waals surface area contributed by atoms with Crippen LogP contribution in [0.25, 0.3) is 0 Å². The SMILES string of the molecule is CCCCC/C=C\C/C=C\CCCCCCCCC1(CCCCCCCC/C=C\C/C=C\CCCCC)OC(CCOCCCCCCNC(=O)c2ccc(C(=O)NCCCC[C@H](NC(=O)N[C@@H](CCC(=O)O)C(=O)O)C(=O)O)cc2)C(CCN(C)C)O1. The summed E-state index contributed by atoms with van der Waals surface area (Å²) in [6.07, 6.45) is 55.4. The van der Waals surface area contributed by atoms with Crippen molar-refractivity contribution < 1.29 is 58.3 Å². The molecule has 0 radical (unpaired) electrons. The number of carboxylic acid groups (broad SMARTS) is 3. The van der Waals surface area contributed by atoms with Gasteiger partial charge in [0.15, 0.2) is 5.79 Å². The van der Waals surface area contributed by atoms with E-state index in [0.717, 1.165) is 83.6 Å². The van der Waals surface area contributed by atoms with Crippen molar-refractivity contribution in [2.45, 2.75) is 281 Å². The molecule has 1 heterocycles.